The topological polar surface area (TPSA) is 44.8 Å². The van der Waals surface area contributed by atoms with Crippen LogP contribution in [0, 0.1) is 17.8 Å². The highest BCUT2D eigenvalue weighted by Crippen LogP contribution is 2.38. The Morgan fingerprint density at radius 1 is 1.00 bits per heavy atom. The lowest BCUT2D eigenvalue weighted by Crippen LogP contribution is -2.67. The second-order valence-corrected chi connectivity index (χ2v) is 15.3. The number of hydrogen-bond acceptors (Lipinski definition) is 4. The molecule has 0 bridgehead atoms. The van der Waals surface area contributed by atoms with Crippen molar-refractivity contribution >= 4 is 24.7 Å². The smallest absolute Gasteiger partial charge is 0.311 e. The van der Waals surface area contributed by atoms with Gasteiger partial charge >= 0.3 is 5.97 Å². The average Bonchev–Trinajstić information content (AvgIpc) is 2.84. The molecule has 0 spiro atoms. The highest BCUT2D eigenvalue weighted by Gasteiger charge is 2.50. The summed E-state index contributed by atoms with van der Waals surface area (Å²) in [6.45, 7) is 13.9. The summed E-state index contributed by atoms with van der Waals surface area (Å²) in [5.74, 6) is 0.155. The second-order valence-electron chi connectivity index (χ2n) is 11.0. The van der Waals surface area contributed by atoms with E-state index >= 15 is 0 Å². The van der Waals surface area contributed by atoms with Crippen LogP contribution < -0.4 is 10.4 Å². The molecule has 3 rings (SSSR count). The van der Waals surface area contributed by atoms with Crippen molar-refractivity contribution in [2.45, 2.75) is 71.6 Å². The highest BCUT2D eigenvalue weighted by molar-refractivity contribution is 6.99. The van der Waals surface area contributed by atoms with E-state index < -0.39 is 8.32 Å². The number of methoxy groups -OCH3 is 1. The number of hydrogen-bond donors (Lipinski definition) is 0. The van der Waals surface area contributed by atoms with Gasteiger partial charge in [-0.3, -0.25) is 4.79 Å². The minimum atomic E-state index is -2.59. The Bertz CT molecular complexity index is 869. The molecule has 1 fully saturated rings. The summed E-state index contributed by atoms with van der Waals surface area (Å²) in [7, 11) is -1.14. The van der Waals surface area contributed by atoms with Crippen LogP contribution in [-0.4, -0.2) is 40.2 Å². The van der Waals surface area contributed by atoms with Gasteiger partial charge in [0.15, 0.2) is 0 Å². The van der Waals surface area contributed by atoms with Crippen LogP contribution in [0.3, 0.4) is 0 Å². The van der Waals surface area contributed by atoms with E-state index in [1.807, 2.05) is 6.92 Å². The number of benzene rings is 2. The third-order valence-corrected chi connectivity index (χ3v) is 12.5. The Kier molecular flexibility index (Phi) is 8.77. The molecule has 0 amide bonds. The van der Waals surface area contributed by atoms with Gasteiger partial charge in [-0.15, -0.1) is 0 Å². The molecule has 0 radical (unpaired) electrons. The normalized spacial score (nSPS) is 23.2. The maximum Gasteiger partial charge on any atom is 0.311 e. The van der Waals surface area contributed by atoms with Gasteiger partial charge in [-0.1, -0.05) is 95.3 Å². The van der Waals surface area contributed by atoms with Crippen LogP contribution in [0.2, 0.25) is 5.04 Å². The number of ether oxygens (including phenoxy) is 2. The van der Waals surface area contributed by atoms with Crippen molar-refractivity contribution in [1.82, 2.24) is 0 Å². The van der Waals surface area contributed by atoms with Crippen molar-refractivity contribution in [1.29, 1.82) is 0 Å². The largest absolute Gasteiger partial charge is 0.469 e. The van der Waals surface area contributed by atoms with Gasteiger partial charge in [-0.25, -0.2) is 0 Å². The number of rotatable bonds is 8. The zero-order valence-electron chi connectivity index (χ0n) is 21.9. The summed E-state index contributed by atoms with van der Waals surface area (Å²) in [5.41, 5.74) is 0. The van der Waals surface area contributed by atoms with Crippen molar-refractivity contribution in [3.05, 3.63) is 60.7 Å². The van der Waals surface area contributed by atoms with Gasteiger partial charge in [0, 0.05) is 12.5 Å². The molecule has 0 aliphatic carbocycles. The molecule has 1 aliphatic rings. The van der Waals surface area contributed by atoms with Crippen LogP contribution in [0.25, 0.3) is 0 Å². The van der Waals surface area contributed by atoms with E-state index in [-0.39, 0.29) is 35.1 Å². The maximum absolute atomic E-state index is 12.1. The molecule has 2 aromatic carbocycles. The molecular weight excluding hydrogens is 440 g/mol. The van der Waals surface area contributed by atoms with Crippen LogP contribution >= 0.6 is 0 Å². The third kappa shape index (κ3) is 5.47. The Hall–Kier alpha value is -1.95. The molecule has 0 N–H and O–H groups in total. The van der Waals surface area contributed by atoms with Gasteiger partial charge in [0.2, 0.25) is 0 Å². The van der Waals surface area contributed by atoms with E-state index in [9.17, 15) is 4.79 Å². The minimum absolute atomic E-state index is 0.0454. The number of esters is 1. The van der Waals surface area contributed by atoms with Gasteiger partial charge in [0.05, 0.1) is 25.2 Å². The zero-order chi connectivity index (χ0) is 24.9. The SMILES string of the molecule is COC(=O)[C@@H](C)[C@@H]1CC[C@H](C)[C@@H]([C@@H](C)CO[Si](c2ccccc2)(c2ccccc2)C(C)(C)C)O1. The van der Waals surface area contributed by atoms with E-state index in [1.54, 1.807) is 0 Å². The fraction of sp³-hybridized carbons (Fsp3) is 0.552. The fourth-order valence-electron chi connectivity index (χ4n) is 5.51. The Morgan fingerprint density at radius 2 is 1.53 bits per heavy atom. The van der Waals surface area contributed by atoms with Gasteiger partial charge in [0.1, 0.15) is 0 Å². The summed E-state index contributed by atoms with van der Waals surface area (Å²) in [4.78, 5) is 12.1. The minimum Gasteiger partial charge on any atom is -0.469 e. The molecule has 0 unspecified atom stereocenters. The third-order valence-electron chi connectivity index (χ3n) is 7.47. The number of carbonyl (C=O) groups is 1. The first-order valence-electron chi connectivity index (χ1n) is 12.6. The lowest BCUT2D eigenvalue weighted by molar-refractivity contribution is -0.163. The van der Waals surface area contributed by atoms with Crippen molar-refractivity contribution < 1.29 is 18.7 Å². The molecule has 0 aromatic heterocycles. The summed E-state index contributed by atoms with van der Waals surface area (Å²) >= 11 is 0. The van der Waals surface area contributed by atoms with E-state index in [4.69, 9.17) is 13.9 Å². The first kappa shape index (κ1) is 26.6. The summed E-state index contributed by atoms with van der Waals surface area (Å²) in [5, 5.41) is 2.52. The maximum atomic E-state index is 12.1. The predicted octanol–water partition coefficient (Wildman–Crippen LogP) is 5.19. The Morgan fingerprint density at radius 3 is 2.00 bits per heavy atom. The highest BCUT2D eigenvalue weighted by atomic mass is 28.4. The quantitative estimate of drug-likeness (QED) is 0.384. The Balaban J connectivity index is 1.88. The number of carbonyl (C=O) groups excluding carboxylic acids is 1. The van der Waals surface area contributed by atoms with Gasteiger partial charge < -0.3 is 13.9 Å². The van der Waals surface area contributed by atoms with E-state index in [2.05, 4.69) is 95.3 Å². The molecule has 4 nitrogen and oxygen atoms in total. The van der Waals surface area contributed by atoms with E-state index in [1.165, 1.54) is 17.5 Å². The van der Waals surface area contributed by atoms with Gasteiger partial charge in [-0.05, 0) is 41.1 Å². The first-order valence-corrected chi connectivity index (χ1v) is 14.5. The Labute approximate surface area is 207 Å². The fourth-order valence-corrected chi connectivity index (χ4v) is 10.2. The average molecular weight is 483 g/mol. The monoisotopic (exact) mass is 482 g/mol. The van der Waals surface area contributed by atoms with Crippen LogP contribution in [0.1, 0.15) is 54.4 Å². The molecule has 186 valence electrons. The van der Waals surface area contributed by atoms with Crippen LogP contribution in [0.15, 0.2) is 60.7 Å². The van der Waals surface area contributed by atoms with Crippen LogP contribution in [-0.2, 0) is 18.7 Å². The zero-order valence-corrected chi connectivity index (χ0v) is 22.9. The first-order chi connectivity index (χ1) is 16.1. The van der Waals surface area contributed by atoms with Gasteiger partial charge in [-0.2, -0.15) is 0 Å². The van der Waals surface area contributed by atoms with Crippen LogP contribution in [0.4, 0.5) is 0 Å². The van der Waals surface area contributed by atoms with Crippen LogP contribution in [0.5, 0.6) is 0 Å². The predicted molar refractivity (Wildman–Crippen MR) is 141 cm³/mol. The standard InChI is InChI=1S/C29H42O4Si/c1-21-18-19-26(23(3)28(30)31-7)33-27(21)22(2)20-32-34(29(4,5)6,24-14-10-8-11-15-24)25-16-12-9-13-17-25/h8-17,21-23,26-27H,18-20H2,1-7H3/t21-,22-,23-,26-,27-/m0/s1. The molecule has 2 aromatic rings. The van der Waals surface area contributed by atoms with Crippen molar-refractivity contribution in [2.24, 2.45) is 17.8 Å². The molecule has 34 heavy (non-hydrogen) atoms. The lowest BCUT2D eigenvalue weighted by atomic mass is 9.84. The summed E-state index contributed by atoms with van der Waals surface area (Å²) in [6, 6.07) is 21.5. The molecule has 1 saturated heterocycles. The summed E-state index contributed by atoms with van der Waals surface area (Å²) < 4.78 is 18.7. The van der Waals surface area contributed by atoms with E-state index in [0.29, 0.717) is 12.5 Å². The molecule has 5 atom stereocenters. The molecule has 1 aliphatic heterocycles. The molecule has 0 saturated carbocycles. The molecule has 5 heteroatoms. The summed E-state index contributed by atoms with van der Waals surface area (Å²) in [6.07, 6.45) is 1.87. The van der Waals surface area contributed by atoms with Gasteiger partial charge in [0.25, 0.3) is 8.32 Å². The molecular formula is C29H42O4Si. The lowest BCUT2D eigenvalue weighted by Gasteiger charge is -2.45. The van der Waals surface area contributed by atoms with Crippen molar-refractivity contribution in [3.8, 4) is 0 Å². The van der Waals surface area contributed by atoms with E-state index in [0.717, 1.165) is 12.8 Å². The van der Waals surface area contributed by atoms with Crippen molar-refractivity contribution in [3.63, 3.8) is 0 Å². The van der Waals surface area contributed by atoms with Crippen molar-refractivity contribution in [2.75, 3.05) is 13.7 Å². The molecule has 1 heterocycles. The second kappa shape index (κ2) is 11.2.